The lowest BCUT2D eigenvalue weighted by Gasteiger charge is -2.38. The molecule has 0 spiro atoms. The highest BCUT2D eigenvalue weighted by Crippen LogP contribution is 2.35. The second-order valence-electron chi connectivity index (χ2n) is 7.19. The van der Waals surface area contributed by atoms with Crippen molar-refractivity contribution < 1.29 is 14.0 Å². The Balaban J connectivity index is 1.35. The van der Waals surface area contributed by atoms with Gasteiger partial charge in [0.1, 0.15) is 6.17 Å². The Labute approximate surface area is 166 Å². The summed E-state index contributed by atoms with van der Waals surface area (Å²) in [5, 5.41) is 5.79. The molecule has 7 nitrogen and oxygen atoms in total. The molecular formula is C20H19ClN4O3. The molecule has 5 rings (SSSR count). The Kier molecular flexibility index (Phi) is 4.14. The highest BCUT2D eigenvalue weighted by Gasteiger charge is 2.43. The van der Waals surface area contributed by atoms with Crippen LogP contribution in [0.5, 0.6) is 0 Å². The first kappa shape index (κ1) is 17.3. The lowest BCUT2D eigenvalue weighted by molar-refractivity contribution is -0.133. The average molecular weight is 399 g/mol. The molecule has 2 atom stereocenters. The number of hydrogen-bond donors (Lipinski definition) is 2. The summed E-state index contributed by atoms with van der Waals surface area (Å²) in [4.78, 5) is 27.4. The zero-order valence-corrected chi connectivity index (χ0v) is 15.8. The summed E-state index contributed by atoms with van der Waals surface area (Å²) < 4.78 is 5.21. The number of rotatable bonds is 2. The van der Waals surface area contributed by atoms with Crippen LogP contribution in [0.1, 0.15) is 35.0 Å². The maximum Gasteiger partial charge on any atom is 0.289 e. The van der Waals surface area contributed by atoms with E-state index in [1.165, 1.54) is 6.26 Å². The minimum atomic E-state index is -0.199. The van der Waals surface area contributed by atoms with Gasteiger partial charge in [0, 0.05) is 30.1 Å². The van der Waals surface area contributed by atoms with Crippen LogP contribution in [0.3, 0.4) is 0 Å². The number of nitrogens with zero attached hydrogens (tertiary/aromatic N) is 2. The Morgan fingerprint density at radius 1 is 1.21 bits per heavy atom. The third kappa shape index (κ3) is 2.78. The molecule has 2 amide bonds. The van der Waals surface area contributed by atoms with E-state index in [-0.39, 0.29) is 36.3 Å². The molecule has 28 heavy (non-hydrogen) atoms. The van der Waals surface area contributed by atoms with E-state index in [1.54, 1.807) is 22.0 Å². The van der Waals surface area contributed by atoms with Crippen molar-refractivity contribution in [3.05, 3.63) is 70.3 Å². The molecule has 2 unspecified atom stereocenters. The molecule has 2 aromatic rings. The molecule has 4 heterocycles. The molecular weight excluding hydrogens is 380 g/mol. The van der Waals surface area contributed by atoms with Gasteiger partial charge >= 0.3 is 0 Å². The first-order valence-corrected chi connectivity index (χ1v) is 9.65. The van der Waals surface area contributed by atoms with Crippen molar-refractivity contribution in [2.24, 2.45) is 0 Å². The molecule has 8 heteroatoms. The molecule has 0 radical (unpaired) electrons. The molecule has 0 bridgehead atoms. The van der Waals surface area contributed by atoms with E-state index in [0.717, 1.165) is 17.7 Å². The quantitative estimate of drug-likeness (QED) is 0.812. The van der Waals surface area contributed by atoms with Crippen molar-refractivity contribution in [2.75, 3.05) is 13.1 Å². The fourth-order valence-corrected chi connectivity index (χ4v) is 4.38. The predicted molar refractivity (Wildman–Crippen MR) is 102 cm³/mol. The Morgan fingerprint density at radius 2 is 2.07 bits per heavy atom. The van der Waals surface area contributed by atoms with E-state index in [0.29, 0.717) is 23.6 Å². The number of halogens is 1. The molecule has 0 aliphatic carbocycles. The van der Waals surface area contributed by atoms with Gasteiger partial charge in [-0.25, -0.2) is 5.43 Å². The van der Waals surface area contributed by atoms with Gasteiger partial charge in [0.15, 0.2) is 5.76 Å². The van der Waals surface area contributed by atoms with Gasteiger partial charge in [-0.1, -0.05) is 29.8 Å². The number of hydrazine groups is 1. The van der Waals surface area contributed by atoms with E-state index >= 15 is 0 Å². The van der Waals surface area contributed by atoms with E-state index in [4.69, 9.17) is 16.0 Å². The summed E-state index contributed by atoms with van der Waals surface area (Å²) >= 11 is 6.34. The van der Waals surface area contributed by atoms with Crippen LogP contribution in [0.4, 0.5) is 0 Å². The minimum absolute atomic E-state index is 0.0441. The Bertz CT molecular complexity index is 972. The van der Waals surface area contributed by atoms with E-state index < -0.39 is 0 Å². The molecule has 3 aliphatic rings. The molecule has 0 saturated carbocycles. The topological polar surface area (TPSA) is 77.8 Å². The number of fused-ring (bicyclic) bond motifs is 1. The maximum atomic E-state index is 13.1. The summed E-state index contributed by atoms with van der Waals surface area (Å²) in [6.45, 7) is 0.815. The van der Waals surface area contributed by atoms with Gasteiger partial charge < -0.3 is 14.6 Å². The van der Waals surface area contributed by atoms with Crippen molar-refractivity contribution >= 4 is 23.4 Å². The summed E-state index contributed by atoms with van der Waals surface area (Å²) in [5.41, 5.74) is 5.81. The number of benzene rings is 1. The number of carbonyl (C=O) groups is 2. The lowest BCUT2D eigenvalue weighted by Crippen LogP contribution is -2.57. The number of amides is 2. The third-order valence-electron chi connectivity index (χ3n) is 5.53. The number of hydrogen-bond acceptors (Lipinski definition) is 5. The summed E-state index contributed by atoms with van der Waals surface area (Å²) in [5.74, 6) is -0.00345. The van der Waals surface area contributed by atoms with Crippen LogP contribution >= 0.6 is 11.6 Å². The van der Waals surface area contributed by atoms with Crippen molar-refractivity contribution in [3.8, 4) is 0 Å². The highest BCUT2D eigenvalue weighted by molar-refractivity contribution is 6.31. The first-order chi connectivity index (χ1) is 13.6. The fourth-order valence-electron chi connectivity index (χ4n) is 4.11. The Hall–Kier alpha value is -2.77. The van der Waals surface area contributed by atoms with Crippen molar-refractivity contribution in [2.45, 2.75) is 25.0 Å². The zero-order chi connectivity index (χ0) is 19.3. The first-order valence-electron chi connectivity index (χ1n) is 9.27. The van der Waals surface area contributed by atoms with E-state index in [9.17, 15) is 9.59 Å². The fraction of sp³-hybridized carbons (Fsp3) is 0.300. The largest absolute Gasteiger partial charge is 0.459 e. The second-order valence-corrected chi connectivity index (χ2v) is 7.59. The highest BCUT2D eigenvalue weighted by atomic mass is 35.5. The van der Waals surface area contributed by atoms with Crippen LogP contribution in [0.15, 0.2) is 58.3 Å². The summed E-state index contributed by atoms with van der Waals surface area (Å²) in [6.07, 6.45) is 2.69. The van der Waals surface area contributed by atoms with Crippen LogP contribution in [0.2, 0.25) is 5.02 Å². The standard InChI is InChI=1S/C20H19ClN4O3/c21-14-5-2-1-4-12(14)16-10-18-22-15-7-8-24(20(27)17-6-3-9-28-17)11-13(15)19(26)25(18)23-16/h1-6,9,16,18,22-23H,7-8,10-11H2. The molecule has 144 valence electrons. The molecule has 1 aromatic heterocycles. The van der Waals surface area contributed by atoms with Crippen LogP contribution < -0.4 is 10.7 Å². The van der Waals surface area contributed by atoms with Gasteiger partial charge in [0.05, 0.1) is 24.4 Å². The van der Waals surface area contributed by atoms with Crippen LogP contribution in [0.25, 0.3) is 0 Å². The third-order valence-corrected chi connectivity index (χ3v) is 5.87. The van der Waals surface area contributed by atoms with E-state index in [1.807, 2.05) is 24.3 Å². The molecule has 1 saturated heterocycles. The normalized spacial score (nSPS) is 24.1. The molecule has 1 aromatic carbocycles. The zero-order valence-electron chi connectivity index (χ0n) is 15.0. The maximum absolute atomic E-state index is 13.1. The minimum Gasteiger partial charge on any atom is -0.459 e. The van der Waals surface area contributed by atoms with E-state index in [2.05, 4.69) is 10.7 Å². The van der Waals surface area contributed by atoms with Gasteiger partial charge in [-0.2, -0.15) is 0 Å². The molecule has 1 fully saturated rings. The SMILES string of the molecule is O=C(c1ccco1)N1CCC2=C(C1)C(=O)N1NC(c3ccccc3Cl)CC1N2. The predicted octanol–water partition coefficient (Wildman–Crippen LogP) is 2.44. The van der Waals surface area contributed by atoms with Crippen molar-refractivity contribution in [3.63, 3.8) is 0 Å². The molecule has 2 N–H and O–H groups in total. The number of nitrogens with one attached hydrogen (secondary N) is 2. The van der Waals surface area contributed by atoms with Crippen molar-refractivity contribution in [1.82, 2.24) is 20.7 Å². The smallest absolute Gasteiger partial charge is 0.289 e. The van der Waals surface area contributed by atoms with Crippen LogP contribution in [0, 0.1) is 0 Å². The molecule has 3 aliphatic heterocycles. The van der Waals surface area contributed by atoms with Crippen molar-refractivity contribution in [1.29, 1.82) is 0 Å². The summed E-state index contributed by atoms with van der Waals surface area (Å²) in [6, 6.07) is 10.9. The van der Waals surface area contributed by atoms with Crippen LogP contribution in [-0.4, -0.2) is 41.0 Å². The second kappa shape index (κ2) is 6.68. The lowest BCUT2D eigenvalue weighted by atomic mass is 10.00. The van der Waals surface area contributed by atoms with Gasteiger partial charge in [0.25, 0.3) is 11.8 Å². The average Bonchev–Trinajstić information content (AvgIpc) is 3.38. The van der Waals surface area contributed by atoms with Gasteiger partial charge in [-0.3, -0.25) is 14.6 Å². The van der Waals surface area contributed by atoms with Gasteiger partial charge in [-0.15, -0.1) is 0 Å². The van der Waals surface area contributed by atoms with Crippen LogP contribution in [-0.2, 0) is 4.79 Å². The van der Waals surface area contributed by atoms with Gasteiger partial charge in [-0.05, 0) is 23.8 Å². The number of furan rings is 1. The monoisotopic (exact) mass is 398 g/mol. The Morgan fingerprint density at radius 3 is 2.86 bits per heavy atom. The summed E-state index contributed by atoms with van der Waals surface area (Å²) in [7, 11) is 0. The van der Waals surface area contributed by atoms with Gasteiger partial charge in [0.2, 0.25) is 0 Å². The number of carbonyl (C=O) groups excluding carboxylic acids is 2.